The lowest BCUT2D eigenvalue weighted by Gasteiger charge is -2.14. The van der Waals surface area contributed by atoms with Gasteiger partial charge in [-0.15, -0.1) is 0 Å². The minimum atomic E-state index is -0.569. The standard InChI is InChI=1S/C18H22N2O6/c1-4-7-25-16-10-14(19-18(21)13-6-9-24-12(13)3)15(20(22)23)11-17(16)26-8-5-2/h6,9-11H,4-5,7-8H2,1-3H3,(H,19,21). The van der Waals surface area contributed by atoms with E-state index >= 15 is 0 Å². The first kappa shape index (κ1) is 19.3. The first-order valence-electron chi connectivity index (χ1n) is 8.41. The van der Waals surface area contributed by atoms with Gasteiger partial charge >= 0.3 is 0 Å². The lowest BCUT2D eigenvalue weighted by Crippen LogP contribution is -2.14. The van der Waals surface area contributed by atoms with Crippen molar-refractivity contribution in [1.29, 1.82) is 0 Å². The molecule has 2 aromatic rings. The number of nitro groups is 1. The molecule has 1 amide bonds. The highest BCUT2D eigenvalue weighted by Crippen LogP contribution is 2.38. The third-order valence-electron chi connectivity index (χ3n) is 3.53. The number of nitrogens with one attached hydrogen (secondary N) is 1. The van der Waals surface area contributed by atoms with Crippen LogP contribution in [0.3, 0.4) is 0 Å². The second-order valence-electron chi connectivity index (χ2n) is 5.61. The summed E-state index contributed by atoms with van der Waals surface area (Å²) in [6.45, 7) is 6.35. The van der Waals surface area contributed by atoms with E-state index in [1.54, 1.807) is 6.92 Å². The average Bonchev–Trinajstić information content (AvgIpc) is 3.04. The molecule has 0 saturated heterocycles. The largest absolute Gasteiger partial charge is 0.490 e. The van der Waals surface area contributed by atoms with Gasteiger partial charge in [0.2, 0.25) is 0 Å². The van der Waals surface area contributed by atoms with E-state index in [9.17, 15) is 14.9 Å². The van der Waals surface area contributed by atoms with Crippen LogP contribution in [-0.2, 0) is 0 Å². The molecule has 8 nitrogen and oxygen atoms in total. The number of anilines is 1. The van der Waals surface area contributed by atoms with Gasteiger partial charge in [-0.25, -0.2) is 0 Å². The highest BCUT2D eigenvalue weighted by molar-refractivity contribution is 6.06. The maximum atomic E-state index is 12.4. The number of nitrogens with zero attached hydrogens (tertiary/aromatic N) is 1. The van der Waals surface area contributed by atoms with E-state index in [-0.39, 0.29) is 17.1 Å². The Labute approximate surface area is 151 Å². The van der Waals surface area contributed by atoms with Gasteiger partial charge in [0.05, 0.1) is 36.0 Å². The molecule has 0 fully saturated rings. The summed E-state index contributed by atoms with van der Waals surface area (Å²) in [6.07, 6.45) is 2.90. The molecule has 0 radical (unpaired) electrons. The van der Waals surface area contributed by atoms with Crippen molar-refractivity contribution in [3.8, 4) is 11.5 Å². The quantitative estimate of drug-likeness (QED) is 0.526. The first-order chi connectivity index (χ1) is 12.5. The molecule has 1 aromatic heterocycles. The van der Waals surface area contributed by atoms with Crippen LogP contribution in [0.15, 0.2) is 28.9 Å². The molecule has 8 heteroatoms. The number of nitro benzene ring substituents is 1. The molecule has 0 aliphatic carbocycles. The Hall–Kier alpha value is -3.03. The summed E-state index contributed by atoms with van der Waals surface area (Å²) in [5.41, 5.74) is 0.0756. The predicted octanol–water partition coefficient (Wildman–Crippen LogP) is 4.33. The summed E-state index contributed by atoms with van der Waals surface area (Å²) < 4.78 is 16.3. The number of aryl methyl sites for hydroxylation is 1. The van der Waals surface area contributed by atoms with Crippen LogP contribution in [0.1, 0.15) is 42.8 Å². The molecule has 0 bridgehead atoms. The van der Waals surface area contributed by atoms with Gasteiger partial charge in [0, 0.05) is 6.07 Å². The molecule has 0 aliphatic rings. The molecule has 140 valence electrons. The molecular weight excluding hydrogens is 340 g/mol. The van der Waals surface area contributed by atoms with E-state index < -0.39 is 10.8 Å². The summed E-state index contributed by atoms with van der Waals surface area (Å²) in [5, 5.41) is 14.0. The van der Waals surface area contributed by atoms with Crippen LogP contribution >= 0.6 is 0 Å². The van der Waals surface area contributed by atoms with Crippen LogP contribution in [0.25, 0.3) is 0 Å². The zero-order valence-electron chi connectivity index (χ0n) is 15.0. The molecule has 0 atom stereocenters. The van der Waals surface area contributed by atoms with Crippen molar-refractivity contribution in [3.05, 3.63) is 45.9 Å². The number of furan rings is 1. The lowest BCUT2D eigenvalue weighted by atomic mass is 10.2. The van der Waals surface area contributed by atoms with Crippen molar-refractivity contribution in [2.75, 3.05) is 18.5 Å². The van der Waals surface area contributed by atoms with Crippen LogP contribution in [0.5, 0.6) is 11.5 Å². The highest BCUT2D eigenvalue weighted by Gasteiger charge is 2.23. The number of carbonyl (C=O) groups is 1. The van der Waals surface area contributed by atoms with Gasteiger partial charge in [0.1, 0.15) is 11.4 Å². The van der Waals surface area contributed by atoms with Crippen molar-refractivity contribution in [2.45, 2.75) is 33.6 Å². The Morgan fingerprint density at radius 2 is 1.81 bits per heavy atom. The van der Waals surface area contributed by atoms with E-state index in [4.69, 9.17) is 13.9 Å². The van der Waals surface area contributed by atoms with Crippen molar-refractivity contribution < 1.29 is 23.6 Å². The van der Waals surface area contributed by atoms with Crippen LogP contribution in [0.4, 0.5) is 11.4 Å². The third kappa shape index (κ3) is 4.53. The molecule has 1 heterocycles. The Balaban J connectivity index is 2.40. The molecular formula is C18H22N2O6. The summed E-state index contributed by atoms with van der Waals surface area (Å²) >= 11 is 0. The van der Waals surface area contributed by atoms with Gasteiger partial charge in [-0.2, -0.15) is 0 Å². The Morgan fingerprint density at radius 3 is 2.31 bits per heavy atom. The van der Waals surface area contributed by atoms with Gasteiger partial charge in [-0.3, -0.25) is 14.9 Å². The number of amides is 1. The Kier molecular flexibility index (Phi) is 6.60. The third-order valence-corrected chi connectivity index (χ3v) is 3.53. The second kappa shape index (κ2) is 8.89. The van der Waals surface area contributed by atoms with Gasteiger partial charge < -0.3 is 19.2 Å². The lowest BCUT2D eigenvalue weighted by molar-refractivity contribution is -0.384. The topological polar surface area (TPSA) is 104 Å². The highest BCUT2D eigenvalue weighted by atomic mass is 16.6. The molecule has 1 aromatic carbocycles. The van der Waals surface area contributed by atoms with Crippen molar-refractivity contribution >= 4 is 17.3 Å². The number of hydrogen-bond donors (Lipinski definition) is 1. The normalized spacial score (nSPS) is 10.4. The zero-order chi connectivity index (χ0) is 19.1. The first-order valence-corrected chi connectivity index (χ1v) is 8.41. The van der Waals surface area contributed by atoms with E-state index in [0.29, 0.717) is 30.3 Å². The molecule has 26 heavy (non-hydrogen) atoms. The summed E-state index contributed by atoms with van der Waals surface area (Å²) in [4.78, 5) is 23.3. The fraction of sp³-hybridized carbons (Fsp3) is 0.389. The van der Waals surface area contributed by atoms with Crippen LogP contribution in [-0.4, -0.2) is 24.0 Å². The van der Waals surface area contributed by atoms with Crippen LogP contribution < -0.4 is 14.8 Å². The maximum absolute atomic E-state index is 12.4. The van der Waals surface area contributed by atoms with E-state index in [1.165, 1.54) is 24.5 Å². The van der Waals surface area contributed by atoms with Gasteiger partial charge in [0.15, 0.2) is 11.5 Å². The number of carbonyl (C=O) groups excluding carboxylic acids is 1. The van der Waals surface area contributed by atoms with E-state index in [0.717, 1.165) is 12.8 Å². The summed E-state index contributed by atoms with van der Waals surface area (Å²) in [5.74, 6) is 0.563. The molecule has 2 rings (SSSR count). The molecule has 1 N–H and O–H groups in total. The maximum Gasteiger partial charge on any atom is 0.296 e. The second-order valence-corrected chi connectivity index (χ2v) is 5.61. The predicted molar refractivity (Wildman–Crippen MR) is 96.1 cm³/mol. The number of hydrogen-bond acceptors (Lipinski definition) is 6. The fourth-order valence-electron chi connectivity index (χ4n) is 2.26. The van der Waals surface area contributed by atoms with Crippen molar-refractivity contribution in [2.24, 2.45) is 0 Å². The van der Waals surface area contributed by atoms with Crippen molar-refractivity contribution in [1.82, 2.24) is 0 Å². The minimum Gasteiger partial charge on any atom is -0.490 e. The molecule has 0 spiro atoms. The molecule has 0 aliphatic heterocycles. The minimum absolute atomic E-state index is 0.0375. The van der Waals surface area contributed by atoms with Crippen molar-refractivity contribution in [3.63, 3.8) is 0 Å². The number of benzene rings is 1. The van der Waals surface area contributed by atoms with Gasteiger partial charge in [0.25, 0.3) is 11.6 Å². The fourth-order valence-corrected chi connectivity index (χ4v) is 2.26. The van der Waals surface area contributed by atoms with E-state index in [2.05, 4.69) is 5.32 Å². The monoisotopic (exact) mass is 362 g/mol. The van der Waals surface area contributed by atoms with Gasteiger partial charge in [-0.05, 0) is 25.8 Å². The Bertz CT molecular complexity index is 784. The summed E-state index contributed by atoms with van der Waals surface area (Å²) in [7, 11) is 0. The van der Waals surface area contributed by atoms with Gasteiger partial charge in [-0.1, -0.05) is 13.8 Å². The average molecular weight is 362 g/mol. The molecule has 0 unspecified atom stereocenters. The smallest absolute Gasteiger partial charge is 0.296 e. The Morgan fingerprint density at radius 1 is 1.19 bits per heavy atom. The van der Waals surface area contributed by atoms with E-state index in [1.807, 2.05) is 13.8 Å². The number of ether oxygens (including phenoxy) is 2. The van der Waals surface area contributed by atoms with Crippen LogP contribution in [0, 0.1) is 17.0 Å². The SMILES string of the molecule is CCCOc1cc(NC(=O)c2ccoc2C)c([N+](=O)[O-])cc1OCCC. The molecule has 0 saturated carbocycles. The summed E-state index contributed by atoms with van der Waals surface area (Å²) in [6, 6.07) is 4.20. The van der Waals surface area contributed by atoms with Crippen LogP contribution in [0.2, 0.25) is 0 Å². The number of rotatable bonds is 9. The zero-order valence-corrected chi connectivity index (χ0v) is 15.0.